The summed E-state index contributed by atoms with van der Waals surface area (Å²) in [5.41, 5.74) is 5.20. The summed E-state index contributed by atoms with van der Waals surface area (Å²) in [7, 11) is 3.33. The molecule has 0 atom stereocenters. The minimum absolute atomic E-state index is 0.199. The molecule has 3 N–H and O–H groups in total. The molecule has 1 rings (SSSR count). The molecule has 0 unspecified atom stereocenters. The molecule has 1 aromatic carbocycles. The number of nitrogens with zero attached hydrogens (tertiary/aromatic N) is 1. The Labute approximate surface area is 80.7 Å². The van der Waals surface area contributed by atoms with Crippen molar-refractivity contribution in [3.63, 3.8) is 0 Å². The molecule has 0 fully saturated rings. The number of nitrogens with two attached hydrogens (primary N) is 1. The van der Waals surface area contributed by atoms with Crippen LogP contribution in [0.5, 0.6) is 0 Å². The lowest BCUT2D eigenvalue weighted by Gasteiger charge is -2.16. The molecule has 0 bridgehead atoms. The van der Waals surface area contributed by atoms with Gasteiger partial charge in [-0.05, 0) is 12.1 Å². The summed E-state index contributed by atoms with van der Waals surface area (Å²) in [6.07, 6.45) is 0. The number of aromatic carboxylic acids is 1. The van der Waals surface area contributed by atoms with Gasteiger partial charge in [-0.2, -0.15) is 0 Å². The van der Waals surface area contributed by atoms with Crippen LogP contribution >= 0.6 is 0 Å². The minimum atomic E-state index is -1.23. The lowest BCUT2D eigenvalue weighted by Crippen LogP contribution is -2.16. The highest BCUT2D eigenvalue weighted by molar-refractivity contribution is 6.00. The van der Waals surface area contributed by atoms with Crippen LogP contribution in [-0.4, -0.2) is 25.2 Å². The highest BCUT2D eigenvalue weighted by Crippen LogP contribution is 2.26. The van der Waals surface area contributed by atoms with E-state index in [1.54, 1.807) is 19.0 Å². The standard InChI is InChI=1S/C9H11FN2O2/c1-12(2)6-4-3-5(10)8(11)7(6)9(13)14/h3-4H,11H2,1-2H3,(H,13,14). The first-order chi connectivity index (χ1) is 6.45. The van der Waals surface area contributed by atoms with Crippen molar-refractivity contribution < 1.29 is 14.3 Å². The quantitative estimate of drug-likeness (QED) is 0.700. The van der Waals surface area contributed by atoms with Crippen molar-refractivity contribution in [3.05, 3.63) is 23.5 Å². The number of carboxylic acid groups (broad SMARTS) is 1. The molecule has 0 heterocycles. The molecule has 0 aromatic heterocycles. The smallest absolute Gasteiger partial charge is 0.340 e. The molecule has 0 saturated heterocycles. The van der Waals surface area contributed by atoms with Crippen molar-refractivity contribution in [1.29, 1.82) is 0 Å². The summed E-state index contributed by atoms with van der Waals surface area (Å²) >= 11 is 0. The number of nitrogen functional groups attached to an aromatic ring is 1. The van der Waals surface area contributed by atoms with E-state index in [0.717, 1.165) is 6.07 Å². The fourth-order valence-electron chi connectivity index (χ4n) is 1.18. The van der Waals surface area contributed by atoms with Gasteiger partial charge in [0.05, 0.1) is 11.4 Å². The lowest BCUT2D eigenvalue weighted by molar-refractivity contribution is 0.0698. The number of hydrogen-bond donors (Lipinski definition) is 2. The third-order valence-corrected chi connectivity index (χ3v) is 1.87. The molecular weight excluding hydrogens is 187 g/mol. The average molecular weight is 198 g/mol. The van der Waals surface area contributed by atoms with Crippen molar-refractivity contribution >= 4 is 17.3 Å². The Kier molecular flexibility index (Phi) is 2.60. The second-order valence-corrected chi connectivity index (χ2v) is 3.05. The topological polar surface area (TPSA) is 66.6 Å². The van der Waals surface area contributed by atoms with Crippen molar-refractivity contribution in [2.45, 2.75) is 0 Å². The largest absolute Gasteiger partial charge is 0.478 e. The molecular formula is C9H11FN2O2. The van der Waals surface area contributed by atoms with Gasteiger partial charge >= 0.3 is 5.97 Å². The van der Waals surface area contributed by atoms with E-state index in [9.17, 15) is 9.18 Å². The first kappa shape index (κ1) is 10.3. The van der Waals surface area contributed by atoms with E-state index in [2.05, 4.69) is 0 Å². The van der Waals surface area contributed by atoms with E-state index >= 15 is 0 Å². The molecule has 0 aliphatic heterocycles. The molecule has 0 radical (unpaired) electrons. The zero-order valence-corrected chi connectivity index (χ0v) is 7.91. The number of rotatable bonds is 2. The van der Waals surface area contributed by atoms with Crippen LogP contribution < -0.4 is 10.6 Å². The number of halogens is 1. The molecule has 1 aromatic rings. The number of benzene rings is 1. The number of anilines is 2. The van der Waals surface area contributed by atoms with Gasteiger partial charge in [0, 0.05) is 14.1 Å². The van der Waals surface area contributed by atoms with Crippen LogP contribution in [0.15, 0.2) is 12.1 Å². The summed E-state index contributed by atoms with van der Waals surface area (Å²) in [5.74, 6) is -1.95. The summed E-state index contributed by atoms with van der Waals surface area (Å²) in [6, 6.07) is 2.53. The minimum Gasteiger partial charge on any atom is -0.478 e. The Bertz CT molecular complexity index is 377. The fourth-order valence-corrected chi connectivity index (χ4v) is 1.18. The van der Waals surface area contributed by atoms with Gasteiger partial charge in [0.2, 0.25) is 0 Å². The van der Waals surface area contributed by atoms with Crippen LogP contribution in [0.1, 0.15) is 10.4 Å². The summed E-state index contributed by atoms with van der Waals surface area (Å²) in [6.45, 7) is 0. The van der Waals surface area contributed by atoms with Crippen molar-refractivity contribution in [3.8, 4) is 0 Å². The first-order valence-corrected chi connectivity index (χ1v) is 3.93. The monoisotopic (exact) mass is 198 g/mol. The highest BCUT2D eigenvalue weighted by Gasteiger charge is 2.18. The third kappa shape index (κ3) is 1.61. The maximum absolute atomic E-state index is 13.0. The van der Waals surface area contributed by atoms with E-state index < -0.39 is 11.8 Å². The predicted octanol–water partition coefficient (Wildman–Crippen LogP) is 1.17. The van der Waals surface area contributed by atoms with Gasteiger partial charge in [0.1, 0.15) is 11.4 Å². The van der Waals surface area contributed by atoms with Crippen LogP contribution in [0.2, 0.25) is 0 Å². The molecule has 0 saturated carbocycles. The highest BCUT2D eigenvalue weighted by atomic mass is 19.1. The number of carboxylic acids is 1. The van der Waals surface area contributed by atoms with Crippen LogP contribution in [0.3, 0.4) is 0 Å². The van der Waals surface area contributed by atoms with Crippen molar-refractivity contribution in [1.82, 2.24) is 0 Å². The lowest BCUT2D eigenvalue weighted by atomic mass is 10.1. The summed E-state index contributed by atoms with van der Waals surface area (Å²) in [4.78, 5) is 12.4. The molecule has 4 nitrogen and oxygen atoms in total. The molecule has 0 aliphatic rings. The van der Waals surface area contributed by atoms with Gasteiger partial charge in [0.25, 0.3) is 0 Å². The van der Waals surface area contributed by atoms with Crippen LogP contribution in [-0.2, 0) is 0 Å². The Balaban J connectivity index is 3.45. The Morgan fingerprint density at radius 1 is 1.50 bits per heavy atom. The van der Waals surface area contributed by atoms with E-state index in [1.165, 1.54) is 6.07 Å². The molecule has 0 amide bonds. The molecule has 14 heavy (non-hydrogen) atoms. The van der Waals surface area contributed by atoms with Crippen molar-refractivity contribution in [2.75, 3.05) is 24.7 Å². The normalized spacial score (nSPS) is 9.93. The number of carbonyl (C=O) groups is 1. The fraction of sp³-hybridized carbons (Fsp3) is 0.222. The Morgan fingerprint density at radius 3 is 2.50 bits per heavy atom. The second-order valence-electron chi connectivity index (χ2n) is 3.05. The zero-order chi connectivity index (χ0) is 10.9. The van der Waals surface area contributed by atoms with Crippen molar-refractivity contribution in [2.24, 2.45) is 0 Å². The molecule has 0 aliphatic carbocycles. The van der Waals surface area contributed by atoms with Gasteiger partial charge in [-0.25, -0.2) is 9.18 Å². The molecule has 76 valence electrons. The second kappa shape index (κ2) is 3.53. The van der Waals surface area contributed by atoms with Gasteiger partial charge in [-0.3, -0.25) is 0 Å². The Morgan fingerprint density at radius 2 is 2.07 bits per heavy atom. The SMILES string of the molecule is CN(C)c1ccc(F)c(N)c1C(=O)O. The van der Waals surface area contributed by atoms with Crippen LogP contribution in [0, 0.1) is 5.82 Å². The summed E-state index contributed by atoms with van der Waals surface area (Å²) < 4.78 is 13.0. The van der Waals surface area contributed by atoms with Crippen LogP contribution in [0.4, 0.5) is 15.8 Å². The van der Waals surface area contributed by atoms with E-state index in [1.807, 2.05) is 0 Å². The first-order valence-electron chi connectivity index (χ1n) is 3.93. The van der Waals surface area contributed by atoms with E-state index in [0.29, 0.717) is 5.69 Å². The molecule has 0 spiro atoms. The third-order valence-electron chi connectivity index (χ3n) is 1.87. The van der Waals surface area contributed by atoms with Gasteiger partial charge in [-0.1, -0.05) is 0 Å². The van der Waals surface area contributed by atoms with E-state index in [-0.39, 0.29) is 11.3 Å². The maximum atomic E-state index is 13.0. The Hall–Kier alpha value is -1.78. The number of hydrogen-bond acceptors (Lipinski definition) is 3. The van der Waals surface area contributed by atoms with Gasteiger partial charge < -0.3 is 15.7 Å². The van der Waals surface area contributed by atoms with Gasteiger partial charge in [-0.15, -0.1) is 0 Å². The predicted molar refractivity (Wildman–Crippen MR) is 52.1 cm³/mol. The zero-order valence-electron chi connectivity index (χ0n) is 7.91. The average Bonchev–Trinajstić information content (AvgIpc) is 2.08. The summed E-state index contributed by atoms with van der Waals surface area (Å²) in [5, 5.41) is 8.85. The van der Waals surface area contributed by atoms with Crippen LogP contribution in [0.25, 0.3) is 0 Å². The van der Waals surface area contributed by atoms with E-state index in [4.69, 9.17) is 10.8 Å². The maximum Gasteiger partial charge on any atom is 0.340 e. The molecule has 5 heteroatoms. The van der Waals surface area contributed by atoms with Gasteiger partial charge in [0.15, 0.2) is 0 Å².